The number of hydrogen-bond donors (Lipinski definition) is 2. The molecule has 2 N–H and O–H groups in total. The van der Waals surface area contributed by atoms with Crippen LogP contribution < -0.4 is 15.4 Å². The SMILES string of the molecule is COc1cccc(CCC2=C(C(=O)OCc3cccc(C#N)c3)C(c3cccc(C#N)c3)NC(=O)N2)c1. The highest BCUT2D eigenvalue weighted by Crippen LogP contribution is 2.30. The lowest BCUT2D eigenvalue weighted by molar-refractivity contribution is -0.140. The van der Waals surface area contributed by atoms with Gasteiger partial charge < -0.3 is 20.1 Å². The Bertz CT molecular complexity index is 1450. The molecule has 0 saturated carbocycles. The number of methoxy groups -OCH3 is 1. The van der Waals surface area contributed by atoms with E-state index in [0.717, 1.165) is 5.56 Å². The molecule has 0 saturated heterocycles. The lowest BCUT2D eigenvalue weighted by Crippen LogP contribution is -2.46. The molecule has 1 unspecified atom stereocenters. The van der Waals surface area contributed by atoms with E-state index in [1.54, 1.807) is 55.6 Å². The molecule has 0 aliphatic carbocycles. The smallest absolute Gasteiger partial charge is 0.338 e. The molecule has 1 atom stereocenters. The maximum Gasteiger partial charge on any atom is 0.338 e. The highest BCUT2D eigenvalue weighted by molar-refractivity contribution is 5.95. The van der Waals surface area contributed by atoms with Gasteiger partial charge in [-0.05, 0) is 65.9 Å². The molecule has 0 bridgehead atoms. The first-order valence-corrected chi connectivity index (χ1v) is 11.6. The Labute approximate surface area is 214 Å². The number of nitriles is 2. The summed E-state index contributed by atoms with van der Waals surface area (Å²) in [6.45, 7) is -0.0417. The van der Waals surface area contributed by atoms with Crippen LogP contribution >= 0.6 is 0 Å². The Morgan fingerprint density at radius 3 is 2.38 bits per heavy atom. The number of amides is 2. The first-order chi connectivity index (χ1) is 18.0. The number of nitrogens with one attached hydrogen (secondary N) is 2. The van der Waals surface area contributed by atoms with Gasteiger partial charge in [-0.1, -0.05) is 36.4 Å². The van der Waals surface area contributed by atoms with E-state index >= 15 is 0 Å². The van der Waals surface area contributed by atoms with E-state index in [1.165, 1.54) is 0 Å². The fraction of sp³-hybridized carbons (Fsp3) is 0.172. The molecule has 8 nitrogen and oxygen atoms in total. The molecule has 184 valence electrons. The highest BCUT2D eigenvalue weighted by Gasteiger charge is 2.33. The summed E-state index contributed by atoms with van der Waals surface area (Å²) in [6.07, 6.45) is 0.905. The van der Waals surface area contributed by atoms with Crippen molar-refractivity contribution in [2.24, 2.45) is 0 Å². The minimum absolute atomic E-state index is 0.0417. The fourth-order valence-electron chi connectivity index (χ4n) is 4.15. The second kappa shape index (κ2) is 11.6. The van der Waals surface area contributed by atoms with Crippen LogP contribution in [0.15, 0.2) is 84.1 Å². The van der Waals surface area contributed by atoms with Gasteiger partial charge in [-0.2, -0.15) is 10.5 Å². The van der Waals surface area contributed by atoms with Crippen molar-refractivity contribution in [1.29, 1.82) is 10.5 Å². The molecule has 1 heterocycles. The summed E-state index contributed by atoms with van der Waals surface area (Å²) in [7, 11) is 1.59. The van der Waals surface area contributed by atoms with E-state index in [4.69, 9.17) is 14.7 Å². The predicted molar refractivity (Wildman–Crippen MR) is 135 cm³/mol. The summed E-state index contributed by atoms with van der Waals surface area (Å²) < 4.78 is 10.9. The van der Waals surface area contributed by atoms with Crippen molar-refractivity contribution in [3.8, 4) is 17.9 Å². The first-order valence-electron chi connectivity index (χ1n) is 11.6. The molecule has 2 amide bonds. The summed E-state index contributed by atoms with van der Waals surface area (Å²) in [5.41, 5.74) is 3.80. The number of rotatable bonds is 8. The number of ether oxygens (including phenoxy) is 2. The molecule has 1 aliphatic heterocycles. The van der Waals surface area contributed by atoms with Crippen LogP contribution in [-0.4, -0.2) is 19.1 Å². The van der Waals surface area contributed by atoms with Crippen LogP contribution in [0, 0.1) is 22.7 Å². The van der Waals surface area contributed by atoms with E-state index in [0.29, 0.717) is 46.5 Å². The van der Waals surface area contributed by atoms with E-state index < -0.39 is 18.0 Å². The standard InChI is InChI=1S/C29H24N4O4/c1-36-24-10-4-5-19(15-24)11-12-25-26(28(34)37-18-22-8-2-6-20(13-22)16-30)27(33-29(35)32-25)23-9-3-7-21(14-23)17-31/h2-10,13-15,27H,11-12,18H2,1H3,(H2,32,33,35). The third-order valence-electron chi connectivity index (χ3n) is 5.95. The summed E-state index contributed by atoms with van der Waals surface area (Å²) in [5, 5.41) is 24.1. The molecule has 0 aromatic heterocycles. The van der Waals surface area contributed by atoms with Gasteiger partial charge in [0, 0.05) is 5.70 Å². The zero-order chi connectivity index (χ0) is 26.2. The minimum atomic E-state index is -0.805. The van der Waals surface area contributed by atoms with Gasteiger partial charge >= 0.3 is 12.0 Å². The van der Waals surface area contributed by atoms with Gasteiger partial charge in [0.05, 0.1) is 42.0 Å². The third-order valence-corrected chi connectivity index (χ3v) is 5.95. The number of nitrogens with zero attached hydrogens (tertiary/aromatic N) is 2. The average molecular weight is 493 g/mol. The Kier molecular flexibility index (Phi) is 7.82. The number of benzene rings is 3. The van der Waals surface area contributed by atoms with Crippen molar-refractivity contribution in [2.75, 3.05) is 7.11 Å². The number of esters is 1. The van der Waals surface area contributed by atoms with Crippen molar-refractivity contribution >= 4 is 12.0 Å². The van der Waals surface area contributed by atoms with Gasteiger partial charge in [0.15, 0.2) is 0 Å². The van der Waals surface area contributed by atoms with E-state index in [2.05, 4.69) is 22.8 Å². The van der Waals surface area contributed by atoms with Crippen molar-refractivity contribution in [1.82, 2.24) is 10.6 Å². The van der Waals surface area contributed by atoms with Crippen molar-refractivity contribution in [3.05, 3.63) is 112 Å². The van der Waals surface area contributed by atoms with Crippen LogP contribution in [0.4, 0.5) is 4.79 Å². The number of carbonyl (C=O) groups excluding carboxylic acids is 2. The molecule has 4 rings (SSSR count). The third kappa shape index (κ3) is 6.14. The summed E-state index contributed by atoms with van der Waals surface area (Å²) >= 11 is 0. The quantitative estimate of drug-likeness (QED) is 0.449. The molecular formula is C29H24N4O4. The van der Waals surface area contributed by atoms with Crippen LogP contribution in [0.2, 0.25) is 0 Å². The van der Waals surface area contributed by atoms with Gasteiger partial charge in [-0.3, -0.25) is 0 Å². The Balaban J connectivity index is 1.67. The van der Waals surface area contributed by atoms with Crippen molar-refractivity contribution in [2.45, 2.75) is 25.5 Å². The summed E-state index contributed by atoms with van der Waals surface area (Å²) in [6, 6.07) is 24.0. The topological polar surface area (TPSA) is 124 Å². The van der Waals surface area contributed by atoms with Crippen LogP contribution in [0.25, 0.3) is 0 Å². The number of carbonyl (C=O) groups is 2. The lowest BCUT2D eigenvalue weighted by atomic mass is 9.92. The molecule has 3 aromatic rings. The van der Waals surface area contributed by atoms with E-state index in [1.807, 2.05) is 24.3 Å². The fourth-order valence-corrected chi connectivity index (χ4v) is 4.15. The number of hydrogen-bond acceptors (Lipinski definition) is 6. The van der Waals surface area contributed by atoms with Gasteiger partial charge in [0.25, 0.3) is 0 Å². The normalized spacial score (nSPS) is 14.6. The molecule has 8 heteroatoms. The molecule has 1 aliphatic rings. The highest BCUT2D eigenvalue weighted by atomic mass is 16.5. The lowest BCUT2D eigenvalue weighted by Gasteiger charge is -2.29. The number of aryl methyl sites for hydroxylation is 1. The Morgan fingerprint density at radius 1 is 0.919 bits per heavy atom. The molecule has 0 spiro atoms. The van der Waals surface area contributed by atoms with Crippen LogP contribution in [0.3, 0.4) is 0 Å². The zero-order valence-corrected chi connectivity index (χ0v) is 20.2. The average Bonchev–Trinajstić information content (AvgIpc) is 2.94. The molecule has 0 radical (unpaired) electrons. The summed E-state index contributed by atoms with van der Waals surface area (Å²) in [5.74, 6) is 0.106. The minimum Gasteiger partial charge on any atom is -0.497 e. The Morgan fingerprint density at radius 2 is 1.62 bits per heavy atom. The predicted octanol–water partition coefficient (Wildman–Crippen LogP) is 4.42. The second-order valence-corrected chi connectivity index (χ2v) is 8.40. The molecule has 3 aromatic carbocycles. The molecule has 0 fully saturated rings. The van der Waals surface area contributed by atoms with Crippen molar-refractivity contribution in [3.63, 3.8) is 0 Å². The van der Waals surface area contributed by atoms with Crippen LogP contribution in [-0.2, 0) is 22.6 Å². The monoisotopic (exact) mass is 492 g/mol. The van der Waals surface area contributed by atoms with E-state index in [-0.39, 0.29) is 12.2 Å². The number of allylic oxidation sites excluding steroid dienone is 1. The maximum absolute atomic E-state index is 13.5. The largest absolute Gasteiger partial charge is 0.497 e. The van der Waals surface area contributed by atoms with Gasteiger partial charge in [-0.15, -0.1) is 0 Å². The Hall–Kier alpha value is -5.08. The second-order valence-electron chi connectivity index (χ2n) is 8.40. The van der Waals surface area contributed by atoms with E-state index in [9.17, 15) is 14.9 Å². The number of urea groups is 1. The van der Waals surface area contributed by atoms with Crippen LogP contribution in [0.1, 0.15) is 40.3 Å². The first kappa shape index (κ1) is 25.0. The zero-order valence-electron chi connectivity index (χ0n) is 20.2. The van der Waals surface area contributed by atoms with Gasteiger partial charge in [0.1, 0.15) is 12.4 Å². The van der Waals surface area contributed by atoms with Crippen LogP contribution in [0.5, 0.6) is 5.75 Å². The molecular weight excluding hydrogens is 468 g/mol. The van der Waals surface area contributed by atoms with Gasteiger partial charge in [-0.25, -0.2) is 9.59 Å². The molecule has 37 heavy (non-hydrogen) atoms. The maximum atomic E-state index is 13.5. The van der Waals surface area contributed by atoms with Gasteiger partial charge in [0.2, 0.25) is 0 Å². The van der Waals surface area contributed by atoms with Crippen molar-refractivity contribution < 1.29 is 19.1 Å². The summed E-state index contributed by atoms with van der Waals surface area (Å²) in [4.78, 5) is 26.1.